The molecule has 1 amide bonds. The summed E-state index contributed by atoms with van der Waals surface area (Å²) in [5.41, 5.74) is 1.93. The first-order valence-electron chi connectivity index (χ1n) is 8.41. The van der Waals surface area contributed by atoms with E-state index in [9.17, 15) is 13.2 Å². The molecule has 1 saturated carbocycles. The van der Waals surface area contributed by atoms with E-state index in [0.717, 1.165) is 11.1 Å². The number of nitrogens with one attached hydrogen (secondary N) is 1. The Labute approximate surface area is 148 Å². The van der Waals surface area contributed by atoms with Gasteiger partial charge >= 0.3 is 0 Å². The van der Waals surface area contributed by atoms with E-state index >= 15 is 0 Å². The number of hydrogen-bond acceptors (Lipinski definition) is 4. The highest BCUT2D eigenvalue weighted by molar-refractivity contribution is 7.91. The van der Waals surface area contributed by atoms with Gasteiger partial charge in [0.2, 0.25) is 15.9 Å². The first-order valence-corrected chi connectivity index (χ1v) is 9.89. The highest BCUT2D eigenvalue weighted by atomic mass is 32.2. The molecule has 0 aliphatic heterocycles. The van der Waals surface area contributed by atoms with E-state index in [2.05, 4.69) is 9.71 Å². The van der Waals surface area contributed by atoms with Crippen LogP contribution in [0.15, 0.2) is 54.9 Å². The van der Waals surface area contributed by atoms with Crippen LogP contribution in [0, 0.1) is 5.92 Å². The SMILES string of the molecule is CC(Cc1ccncc1)C(=O)NS(=O)(=O)C1(Cc2ccccc2)CC1. The molecule has 2 aromatic rings. The maximum atomic E-state index is 12.7. The second-order valence-corrected chi connectivity index (χ2v) is 8.85. The molecule has 0 spiro atoms. The van der Waals surface area contributed by atoms with Gasteiger partial charge < -0.3 is 0 Å². The number of aromatic nitrogens is 1. The van der Waals surface area contributed by atoms with Crippen molar-refractivity contribution in [3.63, 3.8) is 0 Å². The van der Waals surface area contributed by atoms with Crippen LogP contribution in [0.2, 0.25) is 0 Å². The number of amides is 1. The van der Waals surface area contributed by atoms with Crippen molar-refractivity contribution in [3.05, 3.63) is 66.0 Å². The first kappa shape index (κ1) is 17.6. The second kappa shape index (κ2) is 6.96. The summed E-state index contributed by atoms with van der Waals surface area (Å²) in [6.45, 7) is 1.74. The molecule has 1 unspecified atom stereocenters. The molecule has 0 bridgehead atoms. The molecule has 1 atom stereocenters. The Bertz CT molecular complexity index is 831. The molecule has 0 radical (unpaired) electrons. The number of benzene rings is 1. The number of carbonyl (C=O) groups excluding carboxylic acids is 1. The van der Waals surface area contributed by atoms with Gasteiger partial charge in [0, 0.05) is 18.3 Å². The normalized spacial score (nSPS) is 16.8. The highest BCUT2D eigenvalue weighted by Gasteiger charge is 2.55. The van der Waals surface area contributed by atoms with E-state index in [1.807, 2.05) is 42.5 Å². The van der Waals surface area contributed by atoms with Crippen LogP contribution >= 0.6 is 0 Å². The van der Waals surface area contributed by atoms with Crippen molar-refractivity contribution in [3.8, 4) is 0 Å². The van der Waals surface area contributed by atoms with Crippen LogP contribution in [0.1, 0.15) is 30.9 Å². The zero-order valence-corrected chi connectivity index (χ0v) is 15.0. The summed E-state index contributed by atoms with van der Waals surface area (Å²) >= 11 is 0. The van der Waals surface area contributed by atoms with Crippen LogP contribution in [0.3, 0.4) is 0 Å². The fourth-order valence-electron chi connectivity index (χ4n) is 2.95. The third-order valence-electron chi connectivity index (χ3n) is 4.72. The van der Waals surface area contributed by atoms with Crippen molar-refractivity contribution in [1.29, 1.82) is 0 Å². The lowest BCUT2D eigenvalue weighted by Crippen LogP contribution is -2.43. The van der Waals surface area contributed by atoms with Gasteiger partial charge in [-0.25, -0.2) is 8.42 Å². The standard InChI is InChI=1S/C19H22N2O3S/c1-15(13-16-7-11-20-12-8-16)18(22)21-25(23,24)19(9-10-19)14-17-5-3-2-4-6-17/h2-8,11-12,15H,9-10,13-14H2,1H3,(H,21,22). The van der Waals surface area contributed by atoms with Crippen molar-refractivity contribution >= 4 is 15.9 Å². The average Bonchev–Trinajstić information content (AvgIpc) is 3.37. The zero-order valence-electron chi connectivity index (χ0n) is 14.2. The molecule has 0 saturated heterocycles. The molecule has 25 heavy (non-hydrogen) atoms. The molecule has 1 fully saturated rings. The van der Waals surface area contributed by atoms with Gasteiger partial charge in [0.1, 0.15) is 0 Å². The molecule has 1 aliphatic carbocycles. The van der Waals surface area contributed by atoms with Crippen molar-refractivity contribution < 1.29 is 13.2 Å². The van der Waals surface area contributed by atoms with E-state index in [-0.39, 0.29) is 0 Å². The quantitative estimate of drug-likeness (QED) is 0.825. The van der Waals surface area contributed by atoms with Crippen molar-refractivity contribution in [2.75, 3.05) is 0 Å². The molecule has 1 aliphatic rings. The second-order valence-electron chi connectivity index (χ2n) is 6.78. The number of carbonyl (C=O) groups is 1. The summed E-state index contributed by atoms with van der Waals surface area (Å²) in [6, 6.07) is 13.2. The Balaban J connectivity index is 1.65. The first-order chi connectivity index (χ1) is 11.9. The van der Waals surface area contributed by atoms with Gasteiger partial charge in [-0.05, 0) is 48.9 Å². The predicted octanol–water partition coefficient (Wildman–Crippen LogP) is 2.48. The third-order valence-corrected chi connectivity index (χ3v) is 6.88. The molecular formula is C19H22N2O3S. The number of pyridine rings is 1. The number of hydrogen-bond donors (Lipinski definition) is 1. The van der Waals surface area contributed by atoms with E-state index in [0.29, 0.717) is 25.7 Å². The smallest absolute Gasteiger partial charge is 0.240 e. The monoisotopic (exact) mass is 358 g/mol. The minimum Gasteiger partial charge on any atom is -0.274 e. The number of rotatable bonds is 7. The largest absolute Gasteiger partial charge is 0.274 e. The Morgan fingerprint density at radius 1 is 1.12 bits per heavy atom. The van der Waals surface area contributed by atoms with Gasteiger partial charge in [0.15, 0.2) is 0 Å². The third kappa shape index (κ3) is 4.07. The van der Waals surface area contributed by atoms with Gasteiger partial charge in [-0.3, -0.25) is 14.5 Å². The molecule has 1 N–H and O–H groups in total. The van der Waals surface area contributed by atoms with E-state index in [1.165, 1.54) is 0 Å². The summed E-state index contributed by atoms with van der Waals surface area (Å²) in [7, 11) is -3.70. The fourth-order valence-corrected chi connectivity index (χ4v) is 4.63. The molecule has 1 heterocycles. The Morgan fingerprint density at radius 2 is 1.76 bits per heavy atom. The van der Waals surface area contributed by atoms with Crippen LogP contribution in [0.4, 0.5) is 0 Å². The lowest BCUT2D eigenvalue weighted by atomic mass is 10.0. The van der Waals surface area contributed by atoms with Crippen LogP contribution in [0.25, 0.3) is 0 Å². The molecule has 3 rings (SSSR count). The summed E-state index contributed by atoms with van der Waals surface area (Å²) < 4.78 is 27.0. The van der Waals surface area contributed by atoms with Crippen LogP contribution in [0.5, 0.6) is 0 Å². The zero-order chi connectivity index (χ0) is 17.9. The van der Waals surface area contributed by atoms with Gasteiger partial charge in [0.05, 0.1) is 4.75 Å². The lowest BCUT2D eigenvalue weighted by molar-refractivity contribution is -0.122. The number of sulfonamides is 1. The topological polar surface area (TPSA) is 76.1 Å². The minimum absolute atomic E-state index is 0.426. The minimum atomic E-state index is -3.70. The highest BCUT2D eigenvalue weighted by Crippen LogP contribution is 2.45. The van der Waals surface area contributed by atoms with Gasteiger partial charge in [-0.1, -0.05) is 37.3 Å². The Morgan fingerprint density at radius 3 is 2.36 bits per heavy atom. The number of nitrogens with zero attached hydrogens (tertiary/aromatic N) is 1. The van der Waals surface area contributed by atoms with Crippen LogP contribution < -0.4 is 4.72 Å². The van der Waals surface area contributed by atoms with Crippen molar-refractivity contribution in [2.24, 2.45) is 5.92 Å². The molecular weight excluding hydrogens is 336 g/mol. The van der Waals surface area contributed by atoms with Gasteiger partial charge in [-0.2, -0.15) is 0 Å². The summed E-state index contributed by atoms with van der Waals surface area (Å²) in [5, 5.41) is 0. The summed E-state index contributed by atoms with van der Waals surface area (Å²) in [5.74, 6) is -0.874. The molecule has 5 nitrogen and oxygen atoms in total. The van der Waals surface area contributed by atoms with Gasteiger partial charge in [-0.15, -0.1) is 0 Å². The van der Waals surface area contributed by atoms with Gasteiger partial charge in [0.25, 0.3) is 0 Å². The maximum Gasteiger partial charge on any atom is 0.240 e. The molecule has 132 valence electrons. The lowest BCUT2D eigenvalue weighted by Gasteiger charge is -2.19. The van der Waals surface area contributed by atoms with E-state index in [1.54, 1.807) is 19.3 Å². The summed E-state index contributed by atoms with van der Waals surface area (Å²) in [6.07, 6.45) is 5.42. The van der Waals surface area contributed by atoms with E-state index < -0.39 is 26.6 Å². The Hall–Kier alpha value is -2.21. The maximum absolute atomic E-state index is 12.7. The van der Waals surface area contributed by atoms with Crippen molar-refractivity contribution in [1.82, 2.24) is 9.71 Å². The summed E-state index contributed by atoms with van der Waals surface area (Å²) in [4.78, 5) is 16.3. The molecule has 1 aromatic heterocycles. The van der Waals surface area contributed by atoms with Crippen LogP contribution in [-0.4, -0.2) is 24.1 Å². The average molecular weight is 358 g/mol. The molecule has 6 heteroatoms. The van der Waals surface area contributed by atoms with Crippen molar-refractivity contribution in [2.45, 2.75) is 37.4 Å². The predicted molar refractivity (Wildman–Crippen MR) is 96.3 cm³/mol. The van der Waals surface area contributed by atoms with Crippen LogP contribution in [-0.2, 0) is 27.7 Å². The van der Waals surface area contributed by atoms with E-state index in [4.69, 9.17) is 0 Å². The Kier molecular flexibility index (Phi) is 4.90. The fraction of sp³-hybridized carbons (Fsp3) is 0.368. The molecule has 1 aromatic carbocycles.